The molecule has 9 nitrogen and oxygen atoms in total. The van der Waals surface area contributed by atoms with Gasteiger partial charge in [0.25, 0.3) is 0 Å². The lowest BCUT2D eigenvalue weighted by Crippen LogP contribution is -2.36. The van der Waals surface area contributed by atoms with Crippen molar-refractivity contribution in [2.45, 2.75) is 25.8 Å². The van der Waals surface area contributed by atoms with Crippen LogP contribution in [0.1, 0.15) is 31.4 Å². The van der Waals surface area contributed by atoms with E-state index in [2.05, 4.69) is 20.9 Å². The summed E-state index contributed by atoms with van der Waals surface area (Å²) in [5.41, 5.74) is 1.20. The lowest BCUT2D eigenvalue weighted by atomic mass is 9.99. The summed E-state index contributed by atoms with van der Waals surface area (Å²) in [5, 5.41) is 8.84. The number of hydrogen-bond acceptors (Lipinski definition) is 7. The number of nitrogens with one attached hydrogen (secondary N) is 3. The SMILES string of the molecule is COc1c(OCC2CCNCC2)ccc2c(Oc3ccc(NC(=O)C(=O)NC(C)c4ccc(F)cc4)cc3F)ccnc12. The Hall–Kier alpha value is -4.77. The smallest absolute Gasteiger partial charge is 0.313 e. The van der Waals surface area contributed by atoms with Crippen molar-refractivity contribution < 1.29 is 32.6 Å². The van der Waals surface area contributed by atoms with Gasteiger partial charge in [-0.2, -0.15) is 0 Å². The van der Waals surface area contributed by atoms with E-state index in [0.29, 0.717) is 46.2 Å². The fraction of sp³-hybridized carbons (Fsp3) is 0.281. The highest BCUT2D eigenvalue weighted by molar-refractivity contribution is 6.39. The Morgan fingerprint density at radius 3 is 2.44 bits per heavy atom. The van der Waals surface area contributed by atoms with E-state index in [4.69, 9.17) is 14.2 Å². The quantitative estimate of drug-likeness (QED) is 0.221. The number of carbonyl (C=O) groups is 2. The Morgan fingerprint density at radius 1 is 0.977 bits per heavy atom. The number of pyridine rings is 1. The van der Waals surface area contributed by atoms with Crippen LogP contribution in [0.3, 0.4) is 0 Å². The van der Waals surface area contributed by atoms with Gasteiger partial charge in [0.2, 0.25) is 0 Å². The van der Waals surface area contributed by atoms with Crippen LogP contribution in [0.15, 0.2) is 66.9 Å². The van der Waals surface area contributed by atoms with Crippen LogP contribution in [0.4, 0.5) is 14.5 Å². The third-order valence-corrected chi connectivity index (χ3v) is 7.26. The molecule has 0 bridgehead atoms. The second-order valence-electron chi connectivity index (χ2n) is 10.3. The number of rotatable bonds is 9. The minimum absolute atomic E-state index is 0.0660. The highest BCUT2D eigenvalue weighted by Crippen LogP contribution is 2.40. The van der Waals surface area contributed by atoms with E-state index in [1.54, 1.807) is 25.1 Å². The molecule has 1 fully saturated rings. The molecule has 1 aliphatic heterocycles. The minimum Gasteiger partial charge on any atom is -0.491 e. The molecule has 224 valence electrons. The number of methoxy groups -OCH3 is 1. The fourth-order valence-corrected chi connectivity index (χ4v) is 4.87. The molecule has 1 aliphatic rings. The van der Waals surface area contributed by atoms with Gasteiger partial charge < -0.3 is 30.2 Å². The van der Waals surface area contributed by atoms with E-state index in [0.717, 1.165) is 32.0 Å². The molecule has 1 atom stereocenters. The number of benzene rings is 3. The lowest BCUT2D eigenvalue weighted by molar-refractivity contribution is -0.136. The molecule has 2 amide bonds. The number of fused-ring (bicyclic) bond motifs is 1. The van der Waals surface area contributed by atoms with E-state index < -0.39 is 29.5 Å². The molecule has 0 aliphatic carbocycles. The summed E-state index contributed by atoms with van der Waals surface area (Å²) in [4.78, 5) is 29.2. The summed E-state index contributed by atoms with van der Waals surface area (Å²) in [7, 11) is 1.54. The molecular formula is C32H32F2N4O5. The molecule has 5 rings (SSSR count). The fourth-order valence-electron chi connectivity index (χ4n) is 4.87. The van der Waals surface area contributed by atoms with E-state index in [1.165, 1.54) is 49.7 Å². The van der Waals surface area contributed by atoms with Crippen LogP contribution < -0.4 is 30.2 Å². The average Bonchev–Trinajstić information content (AvgIpc) is 3.01. The monoisotopic (exact) mass is 590 g/mol. The largest absolute Gasteiger partial charge is 0.491 e. The van der Waals surface area contributed by atoms with Gasteiger partial charge in [-0.05, 0) is 86.8 Å². The molecule has 0 radical (unpaired) electrons. The Morgan fingerprint density at radius 2 is 1.72 bits per heavy atom. The number of hydrogen-bond donors (Lipinski definition) is 3. The molecule has 2 heterocycles. The summed E-state index contributed by atoms with van der Waals surface area (Å²) in [5.74, 6) is -1.32. The van der Waals surface area contributed by atoms with Gasteiger partial charge in [0.05, 0.1) is 19.8 Å². The predicted octanol–water partition coefficient (Wildman–Crippen LogP) is 5.51. The first kappa shape index (κ1) is 29.7. The maximum Gasteiger partial charge on any atom is 0.313 e. The maximum atomic E-state index is 15.1. The molecule has 1 saturated heterocycles. The lowest BCUT2D eigenvalue weighted by Gasteiger charge is -2.23. The number of amides is 2. The van der Waals surface area contributed by atoms with Gasteiger partial charge in [0.15, 0.2) is 23.1 Å². The molecule has 43 heavy (non-hydrogen) atoms. The van der Waals surface area contributed by atoms with Crippen molar-refractivity contribution >= 4 is 28.4 Å². The van der Waals surface area contributed by atoms with Crippen LogP contribution in [0.25, 0.3) is 10.9 Å². The number of nitrogens with zero attached hydrogens (tertiary/aromatic N) is 1. The number of piperidine rings is 1. The Balaban J connectivity index is 1.25. The highest BCUT2D eigenvalue weighted by Gasteiger charge is 2.20. The summed E-state index contributed by atoms with van der Waals surface area (Å²) in [6, 6.07) is 14.0. The minimum atomic E-state index is -0.979. The van der Waals surface area contributed by atoms with Crippen LogP contribution in [0.2, 0.25) is 0 Å². The topological polar surface area (TPSA) is 111 Å². The zero-order valence-electron chi connectivity index (χ0n) is 23.8. The first-order valence-electron chi connectivity index (χ1n) is 14.0. The van der Waals surface area contributed by atoms with Gasteiger partial charge in [0.1, 0.15) is 17.1 Å². The van der Waals surface area contributed by atoms with Crippen molar-refractivity contribution in [1.82, 2.24) is 15.6 Å². The normalized spacial score (nSPS) is 14.1. The van der Waals surface area contributed by atoms with E-state index >= 15 is 4.39 Å². The number of halogens is 2. The Bertz CT molecular complexity index is 1610. The standard InChI is InChI=1S/C32H32F2N4O5/c1-19(21-3-5-22(33)6-4-21)37-31(39)32(40)38-23-7-9-27(25(34)17-23)43-26-13-16-36-29-24(26)8-10-28(30(29)41-2)42-18-20-11-14-35-15-12-20/h3-10,13,16-17,19-20,35H,11-12,14-15,18H2,1-2H3,(H,37,39)(H,38,40). The van der Waals surface area contributed by atoms with Crippen molar-refractivity contribution in [3.63, 3.8) is 0 Å². The van der Waals surface area contributed by atoms with Crippen molar-refractivity contribution in [3.8, 4) is 23.0 Å². The first-order valence-corrected chi connectivity index (χ1v) is 14.0. The number of ether oxygens (including phenoxy) is 3. The predicted molar refractivity (Wildman–Crippen MR) is 157 cm³/mol. The van der Waals surface area contributed by atoms with Crippen molar-refractivity contribution in [2.75, 3.05) is 32.1 Å². The Kier molecular flexibility index (Phi) is 9.31. The first-order chi connectivity index (χ1) is 20.8. The summed E-state index contributed by atoms with van der Waals surface area (Å²) < 4.78 is 45.8. The molecule has 0 saturated carbocycles. The molecule has 1 unspecified atom stereocenters. The van der Waals surface area contributed by atoms with Crippen LogP contribution in [0.5, 0.6) is 23.0 Å². The van der Waals surface area contributed by atoms with Gasteiger partial charge in [-0.3, -0.25) is 14.6 Å². The van der Waals surface area contributed by atoms with E-state index in [1.807, 2.05) is 0 Å². The molecular weight excluding hydrogens is 558 g/mol. The molecule has 3 N–H and O–H groups in total. The number of anilines is 1. The third kappa shape index (κ3) is 7.18. The van der Waals surface area contributed by atoms with Crippen LogP contribution in [-0.4, -0.2) is 43.6 Å². The van der Waals surface area contributed by atoms with Gasteiger partial charge in [-0.25, -0.2) is 8.78 Å². The van der Waals surface area contributed by atoms with Gasteiger partial charge in [-0.15, -0.1) is 0 Å². The summed E-state index contributed by atoms with van der Waals surface area (Å²) >= 11 is 0. The van der Waals surface area contributed by atoms with Crippen molar-refractivity contribution in [1.29, 1.82) is 0 Å². The van der Waals surface area contributed by atoms with Crippen molar-refractivity contribution in [3.05, 3.63) is 84.1 Å². The average molecular weight is 591 g/mol. The maximum absolute atomic E-state index is 15.1. The summed E-state index contributed by atoms with van der Waals surface area (Å²) in [6.45, 7) is 4.18. The molecule has 3 aromatic carbocycles. The van der Waals surface area contributed by atoms with E-state index in [-0.39, 0.29) is 11.4 Å². The van der Waals surface area contributed by atoms with Crippen molar-refractivity contribution in [2.24, 2.45) is 5.92 Å². The van der Waals surface area contributed by atoms with Crippen LogP contribution in [0, 0.1) is 17.6 Å². The zero-order valence-corrected chi connectivity index (χ0v) is 23.8. The van der Waals surface area contributed by atoms with Crippen LogP contribution in [-0.2, 0) is 9.59 Å². The van der Waals surface area contributed by atoms with Gasteiger partial charge in [0, 0.05) is 23.3 Å². The third-order valence-electron chi connectivity index (χ3n) is 7.26. The Labute approximate surface area is 247 Å². The second kappa shape index (κ2) is 13.5. The number of carbonyl (C=O) groups excluding carboxylic acids is 2. The summed E-state index contributed by atoms with van der Waals surface area (Å²) in [6.07, 6.45) is 3.63. The van der Waals surface area contributed by atoms with Crippen LogP contribution >= 0.6 is 0 Å². The second-order valence-corrected chi connectivity index (χ2v) is 10.3. The van der Waals surface area contributed by atoms with Gasteiger partial charge in [-0.1, -0.05) is 12.1 Å². The zero-order chi connectivity index (χ0) is 30.3. The highest BCUT2D eigenvalue weighted by atomic mass is 19.1. The van der Waals surface area contributed by atoms with E-state index in [9.17, 15) is 14.0 Å². The molecule has 4 aromatic rings. The molecule has 1 aromatic heterocycles. The molecule has 0 spiro atoms. The number of aromatic nitrogens is 1. The molecule has 11 heteroatoms. The van der Waals surface area contributed by atoms with Gasteiger partial charge >= 0.3 is 11.8 Å².